The Bertz CT molecular complexity index is 967. The van der Waals surface area contributed by atoms with E-state index in [0.717, 1.165) is 16.9 Å². The zero-order valence-corrected chi connectivity index (χ0v) is 17.7. The second kappa shape index (κ2) is 7.67. The van der Waals surface area contributed by atoms with Crippen LogP contribution >= 0.6 is 0 Å². The monoisotopic (exact) mass is 406 g/mol. The number of carbonyl (C=O) groups is 1. The van der Waals surface area contributed by atoms with Crippen LogP contribution in [-0.2, 0) is 10.0 Å². The minimum atomic E-state index is -3.75. The van der Waals surface area contributed by atoms with Gasteiger partial charge in [0.05, 0.1) is 7.11 Å². The maximum Gasteiger partial charge on any atom is 0.248 e. The Balaban J connectivity index is 1.87. The van der Waals surface area contributed by atoms with Crippen molar-refractivity contribution < 1.29 is 22.5 Å². The minimum absolute atomic E-state index is 0.0347. The fraction of sp³-hybridized carbons (Fsp3) is 0.500. The molecule has 0 aliphatic carbocycles. The number of benzene rings is 1. The lowest BCUT2D eigenvalue weighted by molar-refractivity contribution is 0.0872. The third kappa shape index (κ3) is 3.58. The van der Waals surface area contributed by atoms with Gasteiger partial charge in [-0.05, 0) is 63.8 Å². The normalized spacial score (nSPS) is 18.2. The average molecular weight is 407 g/mol. The summed E-state index contributed by atoms with van der Waals surface area (Å²) in [6.45, 7) is 7.54. The van der Waals surface area contributed by atoms with Crippen LogP contribution in [0, 0.1) is 33.6 Å². The van der Waals surface area contributed by atoms with E-state index < -0.39 is 10.0 Å². The molecule has 7 nitrogen and oxygen atoms in total. The van der Waals surface area contributed by atoms with E-state index >= 15 is 0 Å². The number of carbonyl (C=O) groups excluding carboxylic acids is 1. The van der Waals surface area contributed by atoms with E-state index in [9.17, 15) is 13.2 Å². The molecule has 8 heteroatoms. The SMILES string of the molecule is COc1c(C)cc(C(=O)[C@H]2CCCN(S(=O)(=O)c3c(C)noc3C)C2)cc1C. The molecule has 0 spiro atoms. The molecule has 0 amide bonds. The largest absolute Gasteiger partial charge is 0.496 e. The Morgan fingerprint density at radius 3 is 2.39 bits per heavy atom. The van der Waals surface area contributed by atoms with Crippen LogP contribution in [0.25, 0.3) is 0 Å². The smallest absolute Gasteiger partial charge is 0.248 e. The second-order valence-corrected chi connectivity index (χ2v) is 9.24. The molecule has 0 N–H and O–H groups in total. The lowest BCUT2D eigenvalue weighted by Crippen LogP contribution is -2.42. The molecule has 1 aliphatic heterocycles. The van der Waals surface area contributed by atoms with Crippen LogP contribution in [0.2, 0.25) is 0 Å². The number of nitrogens with zero attached hydrogens (tertiary/aromatic N) is 2. The molecule has 152 valence electrons. The van der Waals surface area contributed by atoms with Gasteiger partial charge < -0.3 is 9.26 Å². The molecule has 3 rings (SSSR count). The predicted octanol–water partition coefficient (Wildman–Crippen LogP) is 3.20. The number of Topliss-reactive ketones (excluding diaryl/α,β-unsaturated/α-hetero) is 1. The third-order valence-corrected chi connectivity index (χ3v) is 7.38. The first kappa shape index (κ1) is 20.5. The van der Waals surface area contributed by atoms with Crippen molar-refractivity contribution in [2.75, 3.05) is 20.2 Å². The third-order valence-electron chi connectivity index (χ3n) is 5.27. The first-order valence-electron chi connectivity index (χ1n) is 9.29. The topological polar surface area (TPSA) is 89.7 Å². The number of aryl methyl sites for hydroxylation is 4. The highest BCUT2D eigenvalue weighted by Gasteiger charge is 2.36. The molecule has 2 aromatic rings. The average Bonchev–Trinajstić information content (AvgIpc) is 3.00. The van der Waals surface area contributed by atoms with Crippen LogP contribution in [0.4, 0.5) is 0 Å². The van der Waals surface area contributed by atoms with Crippen molar-refractivity contribution in [1.82, 2.24) is 9.46 Å². The van der Waals surface area contributed by atoms with Crippen LogP contribution in [-0.4, -0.2) is 43.9 Å². The Kier molecular flexibility index (Phi) is 5.63. The maximum atomic E-state index is 13.1. The minimum Gasteiger partial charge on any atom is -0.496 e. The van der Waals surface area contributed by atoms with Gasteiger partial charge in [-0.3, -0.25) is 4.79 Å². The van der Waals surface area contributed by atoms with Crippen molar-refractivity contribution in [2.45, 2.75) is 45.4 Å². The maximum absolute atomic E-state index is 13.1. The number of ketones is 1. The van der Waals surface area contributed by atoms with E-state index in [1.165, 1.54) is 4.31 Å². The molecule has 28 heavy (non-hydrogen) atoms. The van der Waals surface area contributed by atoms with E-state index in [4.69, 9.17) is 9.26 Å². The first-order valence-corrected chi connectivity index (χ1v) is 10.7. The summed E-state index contributed by atoms with van der Waals surface area (Å²) < 4.78 is 38.0. The molecule has 1 aliphatic rings. The van der Waals surface area contributed by atoms with Gasteiger partial charge in [-0.15, -0.1) is 0 Å². The quantitative estimate of drug-likeness (QED) is 0.709. The van der Waals surface area contributed by atoms with Crippen molar-refractivity contribution in [2.24, 2.45) is 5.92 Å². The van der Waals surface area contributed by atoms with Gasteiger partial charge in [-0.25, -0.2) is 8.42 Å². The van der Waals surface area contributed by atoms with Crippen LogP contribution < -0.4 is 4.74 Å². The number of piperidine rings is 1. The van der Waals surface area contributed by atoms with E-state index in [2.05, 4.69) is 5.16 Å². The Labute approximate surface area is 165 Å². The molecule has 1 fully saturated rings. The van der Waals surface area contributed by atoms with E-state index in [0.29, 0.717) is 30.6 Å². The highest BCUT2D eigenvalue weighted by Crippen LogP contribution is 2.31. The van der Waals surface area contributed by atoms with Crippen LogP contribution in [0.1, 0.15) is 45.8 Å². The van der Waals surface area contributed by atoms with E-state index in [1.54, 1.807) is 21.0 Å². The van der Waals surface area contributed by atoms with Gasteiger partial charge in [0.2, 0.25) is 10.0 Å². The van der Waals surface area contributed by atoms with Crippen molar-refractivity contribution >= 4 is 15.8 Å². The molecule has 0 bridgehead atoms. The summed E-state index contributed by atoms with van der Waals surface area (Å²) in [4.78, 5) is 13.2. The van der Waals surface area contributed by atoms with E-state index in [1.807, 2.05) is 26.0 Å². The lowest BCUT2D eigenvalue weighted by Gasteiger charge is -2.31. The number of ether oxygens (including phenoxy) is 1. The molecule has 0 unspecified atom stereocenters. The highest BCUT2D eigenvalue weighted by atomic mass is 32.2. The number of hydrogen-bond acceptors (Lipinski definition) is 6. The fourth-order valence-electron chi connectivity index (χ4n) is 4.00. The highest BCUT2D eigenvalue weighted by molar-refractivity contribution is 7.89. The Hall–Kier alpha value is -2.19. The number of hydrogen-bond donors (Lipinski definition) is 0. The van der Waals surface area contributed by atoms with Gasteiger partial charge in [0, 0.05) is 24.6 Å². The van der Waals surface area contributed by atoms with Crippen LogP contribution in [0.15, 0.2) is 21.6 Å². The fourth-order valence-corrected chi connectivity index (χ4v) is 5.81. The molecular weight excluding hydrogens is 380 g/mol. The summed E-state index contributed by atoms with van der Waals surface area (Å²) in [7, 11) is -2.14. The van der Waals surface area contributed by atoms with Crippen LogP contribution in [0.3, 0.4) is 0 Å². The summed E-state index contributed by atoms with van der Waals surface area (Å²) in [5.74, 6) is 0.624. The molecule has 1 atom stereocenters. The van der Waals surface area contributed by atoms with Gasteiger partial charge in [0.1, 0.15) is 16.3 Å². The van der Waals surface area contributed by atoms with Gasteiger partial charge >= 0.3 is 0 Å². The van der Waals surface area contributed by atoms with Crippen molar-refractivity contribution in [1.29, 1.82) is 0 Å². The summed E-state index contributed by atoms with van der Waals surface area (Å²) in [5.41, 5.74) is 2.72. The van der Waals surface area contributed by atoms with Crippen molar-refractivity contribution in [3.8, 4) is 5.75 Å². The molecule has 2 heterocycles. The Morgan fingerprint density at radius 2 is 1.86 bits per heavy atom. The summed E-state index contributed by atoms with van der Waals surface area (Å²) in [6, 6.07) is 3.63. The molecular formula is C20H26N2O5S. The molecule has 1 saturated heterocycles. The molecule has 0 saturated carbocycles. The van der Waals surface area contributed by atoms with Gasteiger partial charge in [0.15, 0.2) is 11.5 Å². The lowest BCUT2D eigenvalue weighted by atomic mass is 9.89. The number of rotatable bonds is 5. The first-order chi connectivity index (χ1) is 13.2. The summed E-state index contributed by atoms with van der Waals surface area (Å²) >= 11 is 0. The van der Waals surface area contributed by atoms with Gasteiger partial charge in [-0.2, -0.15) is 4.31 Å². The second-order valence-electron chi connectivity index (χ2n) is 7.36. The molecule has 0 radical (unpaired) electrons. The summed E-state index contributed by atoms with van der Waals surface area (Å²) in [6.07, 6.45) is 1.30. The van der Waals surface area contributed by atoms with Gasteiger partial charge in [-0.1, -0.05) is 5.16 Å². The zero-order valence-electron chi connectivity index (χ0n) is 16.9. The van der Waals surface area contributed by atoms with Crippen LogP contribution in [0.5, 0.6) is 5.75 Å². The van der Waals surface area contributed by atoms with Crippen molar-refractivity contribution in [3.05, 3.63) is 40.3 Å². The standard InChI is InChI=1S/C20H26N2O5S/c1-12-9-17(10-13(2)19(12)26-5)18(23)16-7-6-8-22(11-16)28(24,25)20-14(3)21-27-15(20)4/h9-10,16H,6-8,11H2,1-5H3/t16-/m0/s1. The van der Waals surface area contributed by atoms with Gasteiger partial charge in [0.25, 0.3) is 0 Å². The molecule has 1 aromatic heterocycles. The Morgan fingerprint density at radius 1 is 1.21 bits per heavy atom. The molecule has 1 aromatic carbocycles. The van der Waals surface area contributed by atoms with Crippen molar-refractivity contribution in [3.63, 3.8) is 0 Å². The predicted molar refractivity (Wildman–Crippen MR) is 104 cm³/mol. The van der Waals surface area contributed by atoms with E-state index in [-0.39, 0.29) is 28.9 Å². The number of aromatic nitrogens is 1. The zero-order chi connectivity index (χ0) is 20.6. The number of sulfonamides is 1. The number of methoxy groups -OCH3 is 1. The summed E-state index contributed by atoms with van der Waals surface area (Å²) in [5, 5.41) is 3.76.